The minimum Gasteiger partial charge on any atom is -0.368 e. The van der Waals surface area contributed by atoms with Gasteiger partial charge in [-0.25, -0.2) is 8.78 Å². The quantitative estimate of drug-likeness (QED) is 0.860. The lowest BCUT2D eigenvalue weighted by molar-refractivity contribution is -0.131. The number of carbonyl (C=O) groups is 1. The number of Topliss-reactive ketones (excluding diaryl/α,β-unsaturated/α-hetero) is 1. The van der Waals surface area contributed by atoms with E-state index in [4.69, 9.17) is 4.74 Å². The summed E-state index contributed by atoms with van der Waals surface area (Å²) in [5.41, 5.74) is 0.461. The van der Waals surface area contributed by atoms with Crippen LogP contribution in [0, 0.1) is 11.6 Å². The summed E-state index contributed by atoms with van der Waals surface area (Å²) in [5, 5.41) is 3.04. The van der Waals surface area contributed by atoms with Crippen molar-refractivity contribution in [2.75, 3.05) is 19.7 Å². The fourth-order valence-corrected chi connectivity index (χ4v) is 1.74. The topological polar surface area (TPSA) is 38.3 Å². The number of carbonyl (C=O) groups excluding carboxylic acids is 1. The Balaban J connectivity index is 1.99. The summed E-state index contributed by atoms with van der Waals surface area (Å²) < 4.78 is 30.9. The molecule has 1 heterocycles. The lowest BCUT2D eigenvalue weighted by atomic mass is 10.0. The van der Waals surface area contributed by atoms with E-state index in [-0.39, 0.29) is 12.2 Å². The monoisotopic (exact) mass is 241 g/mol. The Kier molecular flexibility index (Phi) is 3.81. The summed E-state index contributed by atoms with van der Waals surface area (Å²) in [6.07, 6.45) is -0.430. The lowest BCUT2D eigenvalue weighted by Crippen LogP contribution is -2.43. The number of benzene rings is 1. The Morgan fingerprint density at radius 1 is 1.41 bits per heavy atom. The average molecular weight is 241 g/mol. The first-order valence-electron chi connectivity index (χ1n) is 5.46. The van der Waals surface area contributed by atoms with Gasteiger partial charge >= 0.3 is 0 Å². The highest BCUT2D eigenvalue weighted by atomic mass is 19.2. The molecule has 3 nitrogen and oxygen atoms in total. The number of halogens is 2. The van der Waals surface area contributed by atoms with Gasteiger partial charge in [0, 0.05) is 19.5 Å². The first kappa shape index (κ1) is 12.1. The number of morpholine rings is 1. The van der Waals surface area contributed by atoms with E-state index in [0.29, 0.717) is 18.7 Å². The van der Waals surface area contributed by atoms with Gasteiger partial charge in [-0.1, -0.05) is 6.07 Å². The second kappa shape index (κ2) is 5.33. The first-order chi connectivity index (χ1) is 8.16. The first-order valence-corrected chi connectivity index (χ1v) is 5.46. The van der Waals surface area contributed by atoms with Gasteiger partial charge in [-0.15, -0.1) is 0 Å². The number of hydrogen-bond donors (Lipinski definition) is 1. The van der Waals surface area contributed by atoms with Crippen LogP contribution in [0.2, 0.25) is 0 Å². The highest BCUT2D eigenvalue weighted by molar-refractivity contribution is 5.85. The molecule has 1 atom stereocenters. The molecule has 17 heavy (non-hydrogen) atoms. The Morgan fingerprint density at radius 2 is 2.24 bits per heavy atom. The molecule has 1 aromatic carbocycles. The van der Waals surface area contributed by atoms with Gasteiger partial charge in [0.25, 0.3) is 0 Å². The molecule has 5 heteroatoms. The van der Waals surface area contributed by atoms with Crippen LogP contribution in [0.4, 0.5) is 8.78 Å². The summed E-state index contributed by atoms with van der Waals surface area (Å²) in [6.45, 7) is 1.70. The van der Waals surface area contributed by atoms with E-state index in [9.17, 15) is 13.6 Å². The second-order valence-corrected chi connectivity index (χ2v) is 3.96. The Labute approximate surface area is 97.8 Å². The normalized spacial score (nSPS) is 20.2. The largest absolute Gasteiger partial charge is 0.368 e. The Morgan fingerprint density at radius 3 is 2.88 bits per heavy atom. The molecule has 1 aliphatic rings. The molecule has 1 fully saturated rings. The fourth-order valence-electron chi connectivity index (χ4n) is 1.74. The van der Waals surface area contributed by atoms with Gasteiger partial charge in [0.05, 0.1) is 6.61 Å². The molecular weight excluding hydrogens is 228 g/mol. The summed E-state index contributed by atoms with van der Waals surface area (Å²) in [4.78, 5) is 11.8. The van der Waals surface area contributed by atoms with E-state index in [1.807, 2.05) is 0 Å². The standard InChI is InChI=1S/C12H13F2NO2/c13-9-2-1-8(5-10(9)14)6-11(16)12-7-15-3-4-17-12/h1-2,5,12,15H,3-4,6-7H2. The van der Waals surface area contributed by atoms with Crippen molar-refractivity contribution < 1.29 is 18.3 Å². The van der Waals surface area contributed by atoms with Gasteiger partial charge in [0.15, 0.2) is 17.4 Å². The van der Waals surface area contributed by atoms with Gasteiger partial charge in [-0.2, -0.15) is 0 Å². The van der Waals surface area contributed by atoms with Crippen LogP contribution >= 0.6 is 0 Å². The van der Waals surface area contributed by atoms with E-state index in [2.05, 4.69) is 5.32 Å². The number of hydrogen-bond acceptors (Lipinski definition) is 3. The van der Waals surface area contributed by atoms with Crippen LogP contribution in [-0.2, 0) is 16.0 Å². The van der Waals surface area contributed by atoms with Gasteiger partial charge in [-0.3, -0.25) is 4.79 Å². The zero-order valence-electron chi connectivity index (χ0n) is 9.21. The van der Waals surface area contributed by atoms with Gasteiger partial charge in [-0.05, 0) is 17.7 Å². The van der Waals surface area contributed by atoms with E-state index >= 15 is 0 Å². The minimum atomic E-state index is -0.932. The van der Waals surface area contributed by atoms with Crippen LogP contribution in [0.15, 0.2) is 18.2 Å². The van der Waals surface area contributed by atoms with Gasteiger partial charge in [0.1, 0.15) is 6.10 Å². The van der Waals surface area contributed by atoms with Crippen molar-refractivity contribution in [2.24, 2.45) is 0 Å². The summed E-state index contributed by atoms with van der Waals surface area (Å²) in [7, 11) is 0. The van der Waals surface area contributed by atoms with Gasteiger partial charge < -0.3 is 10.1 Å². The molecule has 0 saturated carbocycles. The maximum atomic E-state index is 12.9. The third kappa shape index (κ3) is 3.08. The molecule has 2 rings (SSSR count). The molecule has 1 N–H and O–H groups in total. The van der Waals surface area contributed by atoms with Crippen LogP contribution < -0.4 is 5.32 Å². The molecule has 1 saturated heterocycles. The van der Waals surface area contributed by atoms with Crippen molar-refractivity contribution >= 4 is 5.78 Å². The third-order valence-corrected chi connectivity index (χ3v) is 2.65. The van der Waals surface area contributed by atoms with E-state index in [0.717, 1.165) is 18.7 Å². The molecule has 0 bridgehead atoms. The highest BCUT2D eigenvalue weighted by Crippen LogP contribution is 2.11. The van der Waals surface area contributed by atoms with Crippen LogP contribution in [0.1, 0.15) is 5.56 Å². The summed E-state index contributed by atoms with van der Waals surface area (Å²) in [5.74, 6) is -1.96. The molecular formula is C12H13F2NO2. The molecule has 0 radical (unpaired) electrons. The van der Waals surface area contributed by atoms with Crippen molar-refractivity contribution in [1.82, 2.24) is 5.32 Å². The van der Waals surface area contributed by atoms with E-state index in [1.54, 1.807) is 0 Å². The van der Waals surface area contributed by atoms with Crippen LogP contribution in [0.5, 0.6) is 0 Å². The molecule has 1 aliphatic heterocycles. The number of rotatable bonds is 3. The van der Waals surface area contributed by atoms with Crippen molar-refractivity contribution in [2.45, 2.75) is 12.5 Å². The minimum absolute atomic E-state index is 0.0591. The summed E-state index contributed by atoms with van der Waals surface area (Å²) >= 11 is 0. The molecule has 1 aromatic rings. The van der Waals surface area contributed by atoms with Crippen molar-refractivity contribution in [3.8, 4) is 0 Å². The SMILES string of the molecule is O=C(Cc1ccc(F)c(F)c1)C1CNCCO1. The maximum absolute atomic E-state index is 12.9. The molecule has 1 unspecified atom stereocenters. The predicted molar refractivity (Wildman–Crippen MR) is 57.7 cm³/mol. The maximum Gasteiger partial charge on any atom is 0.167 e. The fraction of sp³-hybridized carbons (Fsp3) is 0.417. The van der Waals surface area contributed by atoms with Crippen molar-refractivity contribution in [1.29, 1.82) is 0 Å². The second-order valence-electron chi connectivity index (χ2n) is 3.96. The van der Waals surface area contributed by atoms with E-state index < -0.39 is 17.7 Å². The molecule has 0 aliphatic carbocycles. The van der Waals surface area contributed by atoms with Gasteiger partial charge in [0.2, 0.25) is 0 Å². The predicted octanol–water partition coefficient (Wildman–Crippen LogP) is 1.06. The number of ether oxygens (including phenoxy) is 1. The van der Waals surface area contributed by atoms with Crippen LogP contribution in [0.25, 0.3) is 0 Å². The molecule has 0 amide bonds. The lowest BCUT2D eigenvalue weighted by Gasteiger charge is -2.22. The highest BCUT2D eigenvalue weighted by Gasteiger charge is 2.21. The molecule has 0 spiro atoms. The molecule has 0 aromatic heterocycles. The number of ketones is 1. The van der Waals surface area contributed by atoms with Crippen molar-refractivity contribution in [3.63, 3.8) is 0 Å². The van der Waals surface area contributed by atoms with Crippen LogP contribution in [0.3, 0.4) is 0 Å². The zero-order chi connectivity index (χ0) is 12.3. The summed E-state index contributed by atoms with van der Waals surface area (Å²) in [6, 6.07) is 3.48. The Bertz CT molecular complexity index is 417. The third-order valence-electron chi connectivity index (χ3n) is 2.65. The average Bonchev–Trinajstić information content (AvgIpc) is 2.35. The molecule has 92 valence electrons. The smallest absolute Gasteiger partial charge is 0.167 e. The Hall–Kier alpha value is -1.33. The van der Waals surface area contributed by atoms with Crippen LogP contribution in [-0.4, -0.2) is 31.6 Å². The van der Waals surface area contributed by atoms with E-state index in [1.165, 1.54) is 6.07 Å². The number of nitrogens with one attached hydrogen (secondary N) is 1. The van der Waals surface area contributed by atoms with Crippen molar-refractivity contribution in [3.05, 3.63) is 35.4 Å². The zero-order valence-corrected chi connectivity index (χ0v) is 9.21.